The fourth-order valence-electron chi connectivity index (χ4n) is 3.44. The van der Waals surface area contributed by atoms with Crippen molar-refractivity contribution in [2.24, 2.45) is 0 Å². The zero-order chi connectivity index (χ0) is 19.7. The minimum atomic E-state index is -0.181. The summed E-state index contributed by atoms with van der Waals surface area (Å²) < 4.78 is 2.34. The average molecular weight is 442 g/mol. The first kappa shape index (κ1) is 18.6. The van der Waals surface area contributed by atoms with Crippen molar-refractivity contribution in [3.8, 4) is 0 Å². The Morgan fingerprint density at radius 3 is 2.61 bits per heavy atom. The zero-order valence-electron chi connectivity index (χ0n) is 15.5. The minimum Gasteiger partial charge on any atom is -0.353 e. The second-order valence-corrected chi connectivity index (χ2v) is 7.77. The number of aryl methyl sites for hydroxylation is 1. The van der Waals surface area contributed by atoms with E-state index < -0.39 is 0 Å². The number of amides is 1. The number of para-hydroxylation sites is 1. The summed E-state index contributed by atoms with van der Waals surface area (Å²) in [4.78, 5) is 38.1. The number of hydrogen-bond acceptors (Lipinski definition) is 5. The monoisotopic (exact) mass is 441 g/mol. The SMILES string of the molecule is Cc1cccc2c(=O)n(CC(=O)N3CCN(c4ccc(Br)cn4)CC3)cnc12. The Hall–Kier alpha value is -2.74. The second kappa shape index (κ2) is 7.71. The van der Waals surface area contributed by atoms with Crippen molar-refractivity contribution in [2.75, 3.05) is 31.1 Å². The molecule has 0 spiro atoms. The maximum Gasteiger partial charge on any atom is 0.261 e. The summed E-state index contributed by atoms with van der Waals surface area (Å²) in [5.41, 5.74) is 1.46. The van der Waals surface area contributed by atoms with E-state index in [1.165, 1.54) is 10.9 Å². The van der Waals surface area contributed by atoms with Gasteiger partial charge in [0.1, 0.15) is 12.4 Å². The lowest BCUT2D eigenvalue weighted by atomic mass is 10.1. The molecule has 7 nitrogen and oxygen atoms in total. The van der Waals surface area contributed by atoms with E-state index in [0.29, 0.717) is 37.1 Å². The number of rotatable bonds is 3. The van der Waals surface area contributed by atoms with Gasteiger partial charge in [-0.3, -0.25) is 14.2 Å². The molecule has 1 aromatic carbocycles. The number of pyridine rings is 1. The van der Waals surface area contributed by atoms with Gasteiger partial charge in [-0.2, -0.15) is 0 Å². The number of anilines is 1. The molecule has 1 aliphatic rings. The van der Waals surface area contributed by atoms with Gasteiger partial charge >= 0.3 is 0 Å². The molecular weight excluding hydrogens is 422 g/mol. The highest BCUT2D eigenvalue weighted by Gasteiger charge is 2.22. The van der Waals surface area contributed by atoms with Crippen LogP contribution in [0.25, 0.3) is 10.9 Å². The number of benzene rings is 1. The van der Waals surface area contributed by atoms with Crippen LogP contribution in [0.1, 0.15) is 5.56 Å². The summed E-state index contributed by atoms with van der Waals surface area (Å²) >= 11 is 3.39. The highest BCUT2D eigenvalue weighted by atomic mass is 79.9. The minimum absolute atomic E-state index is 0.00620. The maximum absolute atomic E-state index is 12.7. The first-order chi connectivity index (χ1) is 13.5. The number of aromatic nitrogens is 3. The van der Waals surface area contributed by atoms with E-state index in [0.717, 1.165) is 15.9 Å². The fraction of sp³-hybridized carbons (Fsp3) is 0.300. The highest BCUT2D eigenvalue weighted by Crippen LogP contribution is 2.17. The molecular formula is C20H20BrN5O2. The van der Waals surface area contributed by atoms with Gasteiger partial charge in [0, 0.05) is 36.8 Å². The van der Waals surface area contributed by atoms with Gasteiger partial charge in [-0.1, -0.05) is 12.1 Å². The van der Waals surface area contributed by atoms with Gasteiger partial charge in [-0.05, 0) is 46.6 Å². The molecule has 0 atom stereocenters. The van der Waals surface area contributed by atoms with Crippen LogP contribution in [0.5, 0.6) is 0 Å². The van der Waals surface area contributed by atoms with Crippen LogP contribution < -0.4 is 10.5 Å². The Morgan fingerprint density at radius 1 is 1.11 bits per heavy atom. The van der Waals surface area contributed by atoms with Gasteiger partial charge in [0.15, 0.2) is 0 Å². The average Bonchev–Trinajstić information content (AvgIpc) is 2.71. The normalized spacial score (nSPS) is 14.5. The molecule has 1 aliphatic heterocycles. The quantitative estimate of drug-likeness (QED) is 0.622. The molecule has 0 unspecified atom stereocenters. The number of fused-ring (bicyclic) bond motifs is 1. The molecule has 2 aromatic heterocycles. The Bertz CT molecular complexity index is 1070. The second-order valence-electron chi connectivity index (χ2n) is 6.85. The molecule has 0 N–H and O–H groups in total. The molecule has 1 saturated heterocycles. The number of carbonyl (C=O) groups excluding carboxylic acids is 1. The van der Waals surface area contributed by atoms with Gasteiger partial charge in [0.05, 0.1) is 17.2 Å². The lowest BCUT2D eigenvalue weighted by Crippen LogP contribution is -2.50. The van der Waals surface area contributed by atoms with E-state index in [4.69, 9.17) is 0 Å². The molecule has 0 aliphatic carbocycles. The molecule has 3 aromatic rings. The van der Waals surface area contributed by atoms with Crippen molar-refractivity contribution in [2.45, 2.75) is 13.5 Å². The maximum atomic E-state index is 12.7. The van der Waals surface area contributed by atoms with Crippen molar-refractivity contribution in [3.05, 3.63) is 63.2 Å². The van der Waals surface area contributed by atoms with Crippen molar-refractivity contribution in [3.63, 3.8) is 0 Å². The van der Waals surface area contributed by atoms with Crippen LogP contribution in [-0.4, -0.2) is 51.5 Å². The first-order valence-corrected chi connectivity index (χ1v) is 9.91. The molecule has 0 saturated carbocycles. The number of piperazine rings is 1. The summed E-state index contributed by atoms with van der Waals surface area (Å²) in [6, 6.07) is 9.43. The molecule has 0 bridgehead atoms. The summed E-state index contributed by atoms with van der Waals surface area (Å²) in [7, 11) is 0. The molecule has 28 heavy (non-hydrogen) atoms. The first-order valence-electron chi connectivity index (χ1n) is 9.12. The van der Waals surface area contributed by atoms with E-state index in [-0.39, 0.29) is 18.0 Å². The number of carbonyl (C=O) groups is 1. The van der Waals surface area contributed by atoms with Crippen molar-refractivity contribution in [1.82, 2.24) is 19.4 Å². The third-order valence-electron chi connectivity index (χ3n) is 5.03. The molecule has 4 rings (SSSR count). The molecule has 8 heteroatoms. The zero-order valence-corrected chi connectivity index (χ0v) is 17.1. The van der Waals surface area contributed by atoms with Crippen LogP contribution in [0.3, 0.4) is 0 Å². The Labute approximate surface area is 170 Å². The summed E-state index contributed by atoms with van der Waals surface area (Å²) in [6.45, 7) is 4.56. The van der Waals surface area contributed by atoms with Crippen LogP contribution >= 0.6 is 15.9 Å². The lowest BCUT2D eigenvalue weighted by Gasteiger charge is -2.35. The molecule has 1 amide bonds. The lowest BCUT2D eigenvalue weighted by molar-refractivity contribution is -0.132. The van der Waals surface area contributed by atoms with E-state index in [1.54, 1.807) is 17.2 Å². The third-order valence-corrected chi connectivity index (χ3v) is 5.50. The Balaban J connectivity index is 1.44. The smallest absolute Gasteiger partial charge is 0.261 e. The van der Waals surface area contributed by atoms with E-state index in [1.807, 2.05) is 31.2 Å². The van der Waals surface area contributed by atoms with Crippen molar-refractivity contribution < 1.29 is 4.79 Å². The number of halogens is 1. The van der Waals surface area contributed by atoms with Crippen molar-refractivity contribution >= 4 is 38.6 Å². The van der Waals surface area contributed by atoms with Gasteiger partial charge in [0.25, 0.3) is 5.56 Å². The number of nitrogens with zero attached hydrogens (tertiary/aromatic N) is 5. The van der Waals surface area contributed by atoms with Crippen LogP contribution in [-0.2, 0) is 11.3 Å². The van der Waals surface area contributed by atoms with Crippen LogP contribution in [0.2, 0.25) is 0 Å². The van der Waals surface area contributed by atoms with E-state index >= 15 is 0 Å². The molecule has 1 fully saturated rings. The van der Waals surface area contributed by atoms with Crippen LogP contribution in [0, 0.1) is 6.92 Å². The van der Waals surface area contributed by atoms with Gasteiger partial charge in [0.2, 0.25) is 5.91 Å². The third kappa shape index (κ3) is 3.64. The van der Waals surface area contributed by atoms with Crippen molar-refractivity contribution in [1.29, 1.82) is 0 Å². The summed E-state index contributed by atoms with van der Waals surface area (Å²) in [6.07, 6.45) is 3.24. The van der Waals surface area contributed by atoms with Gasteiger partial charge in [-0.15, -0.1) is 0 Å². The van der Waals surface area contributed by atoms with Gasteiger partial charge in [-0.25, -0.2) is 9.97 Å². The van der Waals surface area contributed by atoms with Gasteiger partial charge < -0.3 is 9.80 Å². The van der Waals surface area contributed by atoms with Crippen LogP contribution in [0.4, 0.5) is 5.82 Å². The standard InChI is InChI=1S/C20H20BrN5O2/c1-14-3-2-4-16-19(14)23-13-26(20(16)28)12-18(27)25-9-7-24(8-10-25)17-6-5-15(21)11-22-17/h2-6,11,13H,7-10,12H2,1H3. The Morgan fingerprint density at radius 2 is 1.89 bits per heavy atom. The topological polar surface area (TPSA) is 71.3 Å². The van der Waals surface area contributed by atoms with E-state index in [9.17, 15) is 9.59 Å². The molecule has 144 valence electrons. The Kier molecular flexibility index (Phi) is 5.13. The fourth-order valence-corrected chi connectivity index (χ4v) is 3.67. The predicted molar refractivity (Wildman–Crippen MR) is 111 cm³/mol. The van der Waals surface area contributed by atoms with Crippen LogP contribution in [0.15, 0.2) is 52.1 Å². The van der Waals surface area contributed by atoms with E-state index in [2.05, 4.69) is 30.8 Å². The highest BCUT2D eigenvalue weighted by molar-refractivity contribution is 9.10. The molecule has 3 heterocycles. The largest absolute Gasteiger partial charge is 0.353 e. The summed E-state index contributed by atoms with van der Waals surface area (Å²) in [5.74, 6) is 0.833. The predicted octanol–water partition coefficient (Wildman–Crippen LogP) is 2.21. The number of hydrogen-bond donors (Lipinski definition) is 0. The molecule has 0 radical (unpaired) electrons. The summed E-state index contributed by atoms with van der Waals surface area (Å²) in [5, 5.41) is 0.543.